The molecule has 1 atom stereocenters. The summed E-state index contributed by atoms with van der Waals surface area (Å²) in [4.78, 5) is 11.6. The number of rotatable bonds is 7. The predicted octanol–water partition coefficient (Wildman–Crippen LogP) is 2.10. The number of nitrogens with one attached hydrogen (secondary N) is 1. The fourth-order valence-corrected chi connectivity index (χ4v) is 1.47. The van der Waals surface area contributed by atoms with Crippen molar-refractivity contribution in [2.75, 3.05) is 6.61 Å². The summed E-state index contributed by atoms with van der Waals surface area (Å²) in [6, 6.07) is 1.65. The molecular weight excluding hydrogens is 206 g/mol. The summed E-state index contributed by atoms with van der Waals surface area (Å²) in [5.74, 6) is -0.173. The van der Waals surface area contributed by atoms with Gasteiger partial charge in [-0.1, -0.05) is 13.3 Å². The van der Waals surface area contributed by atoms with E-state index in [1.807, 2.05) is 19.9 Å². The third-order valence-electron chi connectivity index (χ3n) is 2.28. The van der Waals surface area contributed by atoms with Crippen molar-refractivity contribution in [3.63, 3.8) is 0 Å². The van der Waals surface area contributed by atoms with Crippen LogP contribution in [0.1, 0.15) is 32.3 Å². The summed E-state index contributed by atoms with van der Waals surface area (Å²) < 4.78 is 9.96. The molecule has 1 N–H and O–H groups in total. The first-order valence-electron chi connectivity index (χ1n) is 5.69. The zero-order valence-corrected chi connectivity index (χ0v) is 9.86. The van der Waals surface area contributed by atoms with Crippen molar-refractivity contribution >= 4 is 5.97 Å². The van der Waals surface area contributed by atoms with Gasteiger partial charge in [0, 0.05) is 12.1 Å². The minimum atomic E-state index is -0.222. The molecule has 0 saturated carbocycles. The number of furan rings is 1. The highest BCUT2D eigenvalue weighted by Gasteiger charge is 2.17. The molecule has 1 rings (SSSR count). The molecule has 0 fully saturated rings. The molecule has 0 amide bonds. The van der Waals surface area contributed by atoms with Crippen molar-refractivity contribution in [3.8, 4) is 0 Å². The smallest absolute Gasteiger partial charge is 0.323 e. The maximum atomic E-state index is 11.6. The second-order valence-electron chi connectivity index (χ2n) is 3.61. The Morgan fingerprint density at radius 1 is 1.56 bits per heavy atom. The van der Waals surface area contributed by atoms with E-state index in [1.165, 1.54) is 0 Å². The van der Waals surface area contributed by atoms with Gasteiger partial charge in [0.1, 0.15) is 6.04 Å². The quantitative estimate of drug-likeness (QED) is 0.722. The molecule has 0 bridgehead atoms. The van der Waals surface area contributed by atoms with Gasteiger partial charge in [-0.25, -0.2) is 0 Å². The minimum Gasteiger partial charge on any atom is -0.472 e. The predicted molar refractivity (Wildman–Crippen MR) is 60.9 cm³/mol. The molecule has 0 aliphatic heterocycles. The van der Waals surface area contributed by atoms with Gasteiger partial charge in [-0.3, -0.25) is 4.79 Å². The Morgan fingerprint density at radius 2 is 2.38 bits per heavy atom. The molecule has 4 heteroatoms. The van der Waals surface area contributed by atoms with E-state index in [-0.39, 0.29) is 12.0 Å². The maximum Gasteiger partial charge on any atom is 0.323 e. The first-order valence-corrected chi connectivity index (χ1v) is 5.69. The van der Waals surface area contributed by atoms with Crippen LogP contribution in [0, 0.1) is 0 Å². The Kier molecular flexibility index (Phi) is 5.64. The molecular formula is C12H19NO3. The maximum absolute atomic E-state index is 11.6. The Balaban J connectivity index is 2.41. The van der Waals surface area contributed by atoms with Gasteiger partial charge < -0.3 is 14.5 Å². The SMILES string of the molecule is CCCC(NCc1ccoc1)C(=O)OCC. The lowest BCUT2D eigenvalue weighted by Gasteiger charge is -2.15. The molecule has 0 spiro atoms. The van der Waals surface area contributed by atoms with Crippen LogP contribution in [-0.2, 0) is 16.1 Å². The van der Waals surface area contributed by atoms with Crippen LogP contribution in [0.2, 0.25) is 0 Å². The van der Waals surface area contributed by atoms with Gasteiger partial charge >= 0.3 is 5.97 Å². The zero-order chi connectivity index (χ0) is 11.8. The topological polar surface area (TPSA) is 51.5 Å². The summed E-state index contributed by atoms with van der Waals surface area (Å²) in [7, 11) is 0. The molecule has 0 aromatic carbocycles. The molecule has 4 nitrogen and oxygen atoms in total. The van der Waals surface area contributed by atoms with Crippen molar-refractivity contribution < 1.29 is 13.9 Å². The van der Waals surface area contributed by atoms with Crippen molar-refractivity contribution in [3.05, 3.63) is 24.2 Å². The van der Waals surface area contributed by atoms with Gasteiger partial charge in [0.25, 0.3) is 0 Å². The first kappa shape index (κ1) is 12.8. The summed E-state index contributed by atoms with van der Waals surface area (Å²) in [5.41, 5.74) is 1.03. The Bertz CT molecular complexity index is 295. The van der Waals surface area contributed by atoms with Crippen LogP contribution in [0.15, 0.2) is 23.0 Å². The van der Waals surface area contributed by atoms with E-state index in [2.05, 4.69) is 5.32 Å². The molecule has 0 aliphatic carbocycles. The van der Waals surface area contributed by atoms with E-state index in [1.54, 1.807) is 12.5 Å². The molecule has 16 heavy (non-hydrogen) atoms. The summed E-state index contributed by atoms with van der Waals surface area (Å²) in [5, 5.41) is 3.17. The highest BCUT2D eigenvalue weighted by atomic mass is 16.5. The van der Waals surface area contributed by atoms with Gasteiger partial charge in [-0.2, -0.15) is 0 Å². The van der Waals surface area contributed by atoms with Gasteiger partial charge in [-0.15, -0.1) is 0 Å². The van der Waals surface area contributed by atoms with Gasteiger partial charge in [-0.05, 0) is 19.4 Å². The van der Waals surface area contributed by atoms with Crippen molar-refractivity contribution in [1.29, 1.82) is 0 Å². The molecule has 0 radical (unpaired) electrons. The lowest BCUT2D eigenvalue weighted by molar-refractivity contribution is -0.145. The Morgan fingerprint density at radius 3 is 2.94 bits per heavy atom. The van der Waals surface area contributed by atoms with Crippen molar-refractivity contribution in [2.24, 2.45) is 0 Å². The van der Waals surface area contributed by atoms with E-state index in [0.29, 0.717) is 13.2 Å². The highest BCUT2D eigenvalue weighted by molar-refractivity contribution is 5.75. The molecule has 1 heterocycles. The minimum absolute atomic E-state index is 0.173. The second kappa shape index (κ2) is 7.06. The van der Waals surface area contributed by atoms with E-state index in [0.717, 1.165) is 18.4 Å². The van der Waals surface area contributed by atoms with Gasteiger partial charge in [0.2, 0.25) is 0 Å². The molecule has 1 unspecified atom stereocenters. The lowest BCUT2D eigenvalue weighted by Crippen LogP contribution is -2.37. The molecule has 0 saturated heterocycles. The van der Waals surface area contributed by atoms with Crippen molar-refractivity contribution in [2.45, 2.75) is 39.3 Å². The number of carbonyl (C=O) groups is 1. The fourth-order valence-electron chi connectivity index (χ4n) is 1.47. The van der Waals surface area contributed by atoms with Crippen LogP contribution in [0.3, 0.4) is 0 Å². The van der Waals surface area contributed by atoms with Crippen LogP contribution in [-0.4, -0.2) is 18.6 Å². The van der Waals surface area contributed by atoms with Gasteiger partial charge in [0.15, 0.2) is 0 Å². The number of esters is 1. The largest absolute Gasteiger partial charge is 0.472 e. The molecule has 1 aromatic rings. The van der Waals surface area contributed by atoms with Gasteiger partial charge in [0.05, 0.1) is 19.1 Å². The van der Waals surface area contributed by atoms with Crippen LogP contribution in [0.4, 0.5) is 0 Å². The van der Waals surface area contributed by atoms with Crippen LogP contribution >= 0.6 is 0 Å². The standard InChI is InChI=1S/C12H19NO3/c1-3-5-11(12(14)16-4-2)13-8-10-6-7-15-9-10/h6-7,9,11,13H,3-5,8H2,1-2H3. The Labute approximate surface area is 96.0 Å². The number of hydrogen-bond acceptors (Lipinski definition) is 4. The van der Waals surface area contributed by atoms with Crippen molar-refractivity contribution in [1.82, 2.24) is 5.32 Å². The molecule has 90 valence electrons. The summed E-state index contributed by atoms with van der Waals surface area (Å²) in [6.07, 6.45) is 5.02. The molecule has 1 aromatic heterocycles. The zero-order valence-electron chi connectivity index (χ0n) is 9.86. The number of hydrogen-bond donors (Lipinski definition) is 1. The average molecular weight is 225 g/mol. The fraction of sp³-hybridized carbons (Fsp3) is 0.583. The molecule has 0 aliphatic rings. The number of carbonyl (C=O) groups excluding carboxylic acids is 1. The average Bonchev–Trinajstić information content (AvgIpc) is 2.77. The second-order valence-corrected chi connectivity index (χ2v) is 3.61. The van der Waals surface area contributed by atoms with E-state index in [9.17, 15) is 4.79 Å². The third-order valence-corrected chi connectivity index (χ3v) is 2.28. The van der Waals surface area contributed by atoms with E-state index < -0.39 is 0 Å². The lowest BCUT2D eigenvalue weighted by atomic mass is 10.1. The van der Waals surface area contributed by atoms with E-state index >= 15 is 0 Å². The van der Waals surface area contributed by atoms with Crippen LogP contribution in [0.25, 0.3) is 0 Å². The first-order chi connectivity index (χ1) is 7.77. The third kappa shape index (κ3) is 4.06. The van der Waals surface area contributed by atoms with E-state index in [4.69, 9.17) is 9.15 Å². The normalized spacial score (nSPS) is 12.4. The summed E-state index contributed by atoms with van der Waals surface area (Å²) in [6.45, 7) is 4.91. The summed E-state index contributed by atoms with van der Waals surface area (Å²) >= 11 is 0. The Hall–Kier alpha value is -1.29. The highest BCUT2D eigenvalue weighted by Crippen LogP contribution is 2.04. The van der Waals surface area contributed by atoms with Crippen LogP contribution < -0.4 is 5.32 Å². The number of ether oxygens (including phenoxy) is 1. The van der Waals surface area contributed by atoms with Crippen LogP contribution in [0.5, 0.6) is 0 Å². The monoisotopic (exact) mass is 225 g/mol.